The largest absolute Gasteiger partial charge is 0.441 e. The van der Waals surface area contributed by atoms with E-state index in [2.05, 4.69) is 17.4 Å². The van der Waals surface area contributed by atoms with Crippen molar-refractivity contribution in [1.82, 2.24) is 5.32 Å². The van der Waals surface area contributed by atoms with Crippen molar-refractivity contribution >= 4 is 6.09 Å². The third-order valence-corrected chi connectivity index (χ3v) is 3.42. The highest BCUT2D eigenvalue weighted by Crippen LogP contribution is 2.35. The zero-order valence-electron chi connectivity index (χ0n) is 10.5. The molecule has 0 bridgehead atoms. The van der Waals surface area contributed by atoms with Crippen molar-refractivity contribution < 1.29 is 9.53 Å². The van der Waals surface area contributed by atoms with Gasteiger partial charge in [0.1, 0.15) is 6.10 Å². The van der Waals surface area contributed by atoms with Crippen molar-refractivity contribution in [2.75, 3.05) is 6.54 Å². The number of alkyl carbamates (subject to hydrolysis) is 1. The lowest BCUT2D eigenvalue weighted by molar-refractivity contribution is 0.0594. The Labute approximate surface area is 112 Å². The van der Waals surface area contributed by atoms with Crippen LogP contribution in [0.2, 0.25) is 0 Å². The number of nitrogens with one attached hydrogen (secondary N) is 1. The Morgan fingerprint density at radius 3 is 2.11 bits per heavy atom. The Hall–Kier alpha value is -2.29. The van der Waals surface area contributed by atoms with E-state index in [9.17, 15) is 4.79 Å². The second-order valence-corrected chi connectivity index (χ2v) is 4.63. The molecule has 96 valence electrons. The van der Waals surface area contributed by atoms with Crippen molar-refractivity contribution in [2.45, 2.75) is 12.0 Å². The van der Waals surface area contributed by atoms with Crippen LogP contribution in [0, 0.1) is 0 Å². The number of benzene rings is 2. The molecule has 1 saturated heterocycles. The Morgan fingerprint density at radius 1 is 0.895 bits per heavy atom. The lowest BCUT2D eigenvalue weighted by atomic mass is 9.88. The van der Waals surface area contributed by atoms with Crippen molar-refractivity contribution in [3.63, 3.8) is 0 Å². The van der Waals surface area contributed by atoms with Crippen LogP contribution in [-0.4, -0.2) is 12.6 Å². The molecule has 0 aliphatic carbocycles. The highest BCUT2D eigenvalue weighted by atomic mass is 16.6. The smallest absolute Gasteiger partial charge is 0.407 e. The summed E-state index contributed by atoms with van der Waals surface area (Å²) in [5.41, 5.74) is 2.21. The van der Waals surface area contributed by atoms with Gasteiger partial charge in [-0.3, -0.25) is 0 Å². The second kappa shape index (κ2) is 5.14. The monoisotopic (exact) mass is 253 g/mol. The summed E-state index contributed by atoms with van der Waals surface area (Å²) in [7, 11) is 0. The highest BCUT2D eigenvalue weighted by Gasteiger charge is 2.32. The topological polar surface area (TPSA) is 38.3 Å². The molecular weight excluding hydrogens is 238 g/mol. The Kier molecular flexibility index (Phi) is 3.19. The fourth-order valence-corrected chi connectivity index (χ4v) is 2.48. The Bertz CT molecular complexity index is 553. The molecule has 19 heavy (non-hydrogen) atoms. The molecule has 1 aliphatic heterocycles. The number of hydrogen-bond donors (Lipinski definition) is 1. The average molecular weight is 253 g/mol. The van der Waals surface area contributed by atoms with Gasteiger partial charge in [0.15, 0.2) is 0 Å². The number of ether oxygens (including phenoxy) is 1. The lowest BCUT2D eigenvalue weighted by Gasteiger charge is -2.32. The number of cyclic esters (lactones) is 1. The number of rotatable bonds is 2. The minimum atomic E-state index is -0.346. The zero-order chi connectivity index (χ0) is 13.1. The van der Waals surface area contributed by atoms with Crippen molar-refractivity contribution in [3.8, 4) is 0 Å². The van der Waals surface area contributed by atoms with Gasteiger partial charge in [-0.1, -0.05) is 60.7 Å². The van der Waals surface area contributed by atoms with E-state index < -0.39 is 0 Å². The fraction of sp³-hybridized carbons (Fsp3) is 0.188. The molecule has 3 heteroatoms. The van der Waals surface area contributed by atoms with Crippen LogP contribution in [0.4, 0.5) is 4.79 Å². The van der Waals surface area contributed by atoms with Crippen LogP contribution in [0.5, 0.6) is 0 Å². The lowest BCUT2D eigenvalue weighted by Crippen LogP contribution is -2.39. The summed E-state index contributed by atoms with van der Waals surface area (Å²) in [6.07, 6.45) is -0.571. The molecule has 3 rings (SSSR count). The first kappa shape index (κ1) is 11.8. The van der Waals surface area contributed by atoms with Gasteiger partial charge < -0.3 is 10.1 Å². The van der Waals surface area contributed by atoms with Gasteiger partial charge in [-0.05, 0) is 11.1 Å². The van der Waals surface area contributed by atoms with Gasteiger partial charge in [-0.2, -0.15) is 0 Å². The van der Waals surface area contributed by atoms with Gasteiger partial charge in [0, 0.05) is 12.5 Å². The van der Waals surface area contributed by atoms with E-state index in [1.165, 1.54) is 5.56 Å². The van der Waals surface area contributed by atoms with E-state index in [1.54, 1.807) is 0 Å². The highest BCUT2D eigenvalue weighted by molar-refractivity contribution is 5.69. The number of hydrogen-bond acceptors (Lipinski definition) is 2. The second-order valence-electron chi connectivity index (χ2n) is 4.63. The average Bonchev–Trinajstić information content (AvgIpc) is 2.49. The predicted molar refractivity (Wildman–Crippen MR) is 72.8 cm³/mol. The van der Waals surface area contributed by atoms with Gasteiger partial charge in [0.25, 0.3) is 0 Å². The standard InChI is InChI=1S/C16H15NO2/c18-16-17-11-14(12-7-3-1-4-8-12)15(19-16)13-9-5-2-6-10-13/h1-10,14-15H,11H2,(H,17,18)/t14-,15+/m0/s1. The molecule has 3 nitrogen and oxygen atoms in total. The van der Waals surface area contributed by atoms with Crippen LogP contribution >= 0.6 is 0 Å². The minimum absolute atomic E-state index is 0.140. The van der Waals surface area contributed by atoms with E-state index in [0.717, 1.165) is 5.56 Å². The summed E-state index contributed by atoms with van der Waals surface area (Å²) >= 11 is 0. The van der Waals surface area contributed by atoms with Crippen LogP contribution in [-0.2, 0) is 4.74 Å². The van der Waals surface area contributed by atoms with Crippen LogP contribution in [0.15, 0.2) is 60.7 Å². The van der Waals surface area contributed by atoms with Crippen molar-refractivity contribution in [1.29, 1.82) is 0 Å². The van der Waals surface area contributed by atoms with Crippen LogP contribution < -0.4 is 5.32 Å². The van der Waals surface area contributed by atoms with E-state index in [1.807, 2.05) is 48.5 Å². The maximum Gasteiger partial charge on any atom is 0.407 e. The Balaban J connectivity index is 1.95. The molecule has 0 unspecified atom stereocenters. The molecule has 0 saturated carbocycles. The minimum Gasteiger partial charge on any atom is -0.441 e. The summed E-state index contributed by atoms with van der Waals surface area (Å²) in [5, 5.41) is 2.77. The van der Waals surface area contributed by atoms with Gasteiger partial charge in [-0.25, -0.2) is 4.79 Å². The van der Waals surface area contributed by atoms with E-state index >= 15 is 0 Å². The van der Waals surface area contributed by atoms with E-state index in [0.29, 0.717) is 6.54 Å². The summed E-state index contributed by atoms with van der Waals surface area (Å²) in [5.74, 6) is 0.140. The molecule has 2 aromatic rings. The van der Waals surface area contributed by atoms with Crippen molar-refractivity contribution in [2.24, 2.45) is 0 Å². The van der Waals surface area contributed by atoms with Crippen molar-refractivity contribution in [3.05, 3.63) is 71.8 Å². The Morgan fingerprint density at radius 2 is 1.47 bits per heavy atom. The molecule has 2 atom stereocenters. The van der Waals surface area contributed by atoms with E-state index in [-0.39, 0.29) is 18.1 Å². The molecule has 1 heterocycles. The maximum absolute atomic E-state index is 11.5. The van der Waals surface area contributed by atoms with Gasteiger partial charge in [0.2, 0.25) is 0 Å². The molecule has 0 spiro atoms. The number of carbonyl (C=O) groups excluding carboxylic acids is 1. The summed E-state index contributed by atoms with van der Waals surface area (Å²) < 4.78 is 5.49. The molecule has 0 radical (unpaired) electrons. The first-order valence-electron chi connectivity index (χ1n) is 6.39. The zero-order valence-corrected chi connectivity index (χ0v) is 10.5. The van der Waals surface area contributed by atoms with Gasteiger partial charge in [0.05, 0.1) is 0 Å². The quantitative estimate of drug-likeness (QED) is 0.892. The summed E-state index contributed by atoms with van der Waals surface area (Å²) in [6.45, 7) is 0.600. The van der Waals surface area contributed by atoms with Gasteiger partial charge in [-0.15, -0.1) is 0 Å². The first-order valence-corrected chi connectivity index (χ1v) is 6.39. The predicted octanol–water partition coefficient (Wildman–Crippen LogP) is 3.25. The van der Waals surface area contributed by atoms with Gasteiger partial charge >= 0.3 is 6.09 Å². The number of carbonyl (C=O) groups is 1. The SMILES string of the molecule is O=C1NC[C@@H](c2ccccc2)[C@@H](c2ccccc2)O1. The molecule has 2 aromatic carbocycles. The normalized spacial score (nSPS) is 22.4. The van der Waals surface area contributed by atoms with Crippen LogP contribution in [0.1, 0.15) is 23.1 Å². The molecule has 1 fully saturated rings. The fourth-order valence-electron chi connectivity index (χ4n) is 2.48. The number of amides is 1. The molecule has 1 amide bonds. The molecule has 1 aliphatic rings. The third kappa shape index (κ3) is 2.45. The third-order valence-electron chi connectivity index (χ3n) is 3.42. The van der Waals surface area contributed by atoms with E-state index in [4.69, 9.17) is 4.74 Å². The molecule has 0 aromatic heterocycles. The molecule has 1 N–H and O–H groups in total. The van der Waals surface area contributed by atoms with Crippen LogP contribution in [0.3, 0.4) is 0 Å². The maximum atomic E-state index is 11.5. The molecular formula is C16H15NO2. The van der Waals surface area contributed by atoms with Crippen LogP contribution in [0.25, 0.3) is 0 Å². The summed E-state index contributed by atoms with van der Waals surface area (Å²) in [4.78, 5) is 11.5. The summed E-state index contributed by atoms with van der Waals surface area (Å²) in [6, 6.07) is 20.0. The first-order chi connectivity index (χ1) is 9.34.